The number of hydrogen-bond donors (Lipinski definition) is 1. The van der Waals surface area contributed by atoms with Crippen LogP contribution in [0.5, 0.6) is 0 Å². The third-order valence-corrected chi connectivity index (χ3v) is 9.14. The van der Waals surface area contributed by atoms with Gasteiger partial charge in [-0.3, -0.25) is 4.79 Å². The zero-order valence-corrected chi connectivity index (χ0v) is 17.8. The highest BCUT2D eigenvalue weighted by Crippen LogP contribution is 2.65. The van der Waals surface area contributed by atoms with Crippen molar-refractivity contribution >= 4 is 11.8 Å². The van der Waals surface area contributed by atoms with E-state index >= 15 is 0 Å². The number of fused-ring (bicyclic) bond motifs is 5. The molecule has 0 spiro atoms. The van der Waals surface area contributed by atoms with Crippen molar-refractivity contribution in [2.45, 2.75) is 64.4 Å². The van der Waals surface area contributed by atoms with Crippen LogP contribution in [0.4, 0.5) is 0 Å². The zero-order valence-electron chi connectivity index (χ0n) is 17.8. The molecule has 4 nitrogen and oxygen atoms in total. The number of carbonyl (C=O) groups is 2. The first kappa shape index (κ1) is 20.0. The molecule has 4 heteroatoms. The molecule has 1 aromatic rings. The summed E-state index contributed by atoms with van der Waals surface area (Å²) in [7, 11) is 0. The molecule has 6 atom stereocenters. The van der Waals surface area contributed by atoms with Crippen LogP contribution in [0.25, 0.3) is 0 Å². The number of aliphatic hydroxyl groups excluding tert-OH is 1. The molecule has 4 aliphatic rings. The van der Waals surface area contributed by atoms with Crippen LogP contribution in [0.15, 0.2) is 42.0 Å². The predicted molar refractivity (Wildman–Crippen MR) is 114 cm³/mol. The van der Waals surface area contributed by atoms with Gasteiger partial charge in [-0.05, 0) is 80.9 Å². The summed E-state index contributed by atoms with van der Waals surface area (Å²) in [5.41, 5.74) is 1.64. The molecule has 0 aromatic heterocycles. The van der Waals surface area contributed by atoms with Crippen LogP contribution in [0.2, 0.25) is 0 Å². The first-order chi connectivity index (χ1) is 14.5. The fourth-order valence-electron chi connectivity index (χ4n) is 7.57. The normalized spacial score (nSPS) is 40.1. The monoisotopic (exact) mass is 408 g/mol. The van der Waals surface area contributed by atoms with E-state index in [1.807, 2.05) is 36.4 Å². The van der Waals surface area contributed by atoms with Gasteiger partial charge in [0.2, 0.25) is 0 Å². The molecule has 1 N–H and O–H groups in total. The van der Waals surface area contributed by atoms with E-state index in [9.17, 15) is 14.7 Å². The van der Waals surface area contributed by atoms with E-state index in [0.717, 1.165) is 44.9 Å². The van der Waals surface area contributed by atoms with Crippen molar-refractivity contribution in [3.63, 3.8) is 0 Å². The van der Waals surface area contributed by atoms with Gasteiger partial charge in [0.1, 0.15) is 6.10 Å². The Bertz CT molecular complexity index is 874. The third-order valence-electron chi connectivity index (χ3n) is 9.14. The summed E-state index contributed by atoms with van der Waals surface area (Å²) in [5.74, 6) is 1.52. The minimum atomic E-state index is -0.212. The van der Waals surface area contributed by atoms with Gasteiger partial charge in [0.15, 0.2) is 5.78 Å². The second kappa shape index (κ2) is 7.33. The molecule has 160 valence electrons. The molecule has 0 radical (unpaired) electrons. The molecule has 30 heavy (non-hydrogen) atoms. The average Bonchev–Trinajstić information content (AvgIpc) is 3.10. The first-order valence-corrected chi connectivity index (χ1v) is 11.6. The van der Waals surface area contributed by atoms with Gasteiger partial charge in [0.05, 0.1) is 12.2 Å². The molecule has 1 aromatic carbocycles. The zero-order chi connectivity index (χ0) is 20.9. The van der Waals surface area contributed by atoms with Gasteiger partial charge in [-0.25, -0.2) is 4.79 Å². The SMILES string of the molecule is C[C@]12CC[C@H]3[C@@H](CCC4=CC(=O)CC[C@@]43CO)[C@@H]1CC[C@H]2OC(=O)c1ccccc1. The quantitative estimate of drug-likeness (QED) is 0.736. The van der Waals surface area contributed by atoms with Crippen LogP contribution in [0, 0.1) is 28.6 Å². The fourth-order valence-corrected chi connectivity index (χ4v) is 7.57. The topological polar surface area (TPSA) is 63.6 Å². The molecular weight excluding hydrogens is 376 g/mol. The maximum atomic E-state index is 12.7. The third kappa shape index (κ3) is 2.90. The van der Waals surface area contributed by atoms with Gasteiger partial charge in [-0.2, -0.15) is 0 Å². The summed E-state index contributed by atoms with van der Waals surface area (Å²) in [6.45, 7) is 2.48. The Hall–Kier alpha value is -1.94. The second-order valence-electron chi connectivity index (χ2n) is 10.2. The van der Waals surface area contributed by atoms with Crippen molar-refractivity contribution in [1.29, 1.82) is 0 Å². The van der Waals surface area contributed by atoms with Gasteiger partial charge in [0.25, 0.3) is 0 Å². The van der Waals surface area contributed by atoms with E-state index in [1.165, 1.54) is 5.57 Å². The van der Waals surface area contributed by atoms with Crippen molar-refractivity contribution in [3.8, 4) is 0 Å². The van der Waals surface area contributed by atoms with E-state index in [-0.39, 0.29) is 35.3 Å². The molecule has 0 bridgehead atoms. The molecule has 3 saturated carbocycles. The van der Waals surface area contributed by atoms with Crippen molar-refractivity contribution < 1.29 is 19.4 Å². The molecule has 0 unspecified atom stereocenters. The van der Waals surface area contributed by atoms with E-state index < -0.39 is 0 Å². The van der Waals surface area contributed by atoms with Crippen LogP contribution < -0.4 is 0 Å². The molecule has 0 aliphatic heterocycles. The standard InChI is InChI=1S/C26H32O4/c1-25-13-12-22-20(8-7-18-15-19(28)11-14-26(18,22)16-27)21(25)9-10-23(25)30-24(29)17-5-3-2-4-6-17/h2-6,15,20-23,27H,7-14,16H2,1H3/t20-,21-,22-,23+,25-,26+/m0/s1. The lowest BCUT2D eigenvalue weighted by Crippen LogP contribution is -2.53. The van der Waals surface area contributed by atoms with Crippen molar-refractivity contribution in [2.24, 2.45) is 28.6 Å². The fraction of sp³-hybridized carbons (Fsp3) is 0.615. The Kier molecular flexibility index (Phi) is 4.89. The molecule has 0 amide bonds. The average molecular weight is 409 g/mol. The summed E-state index contributed by atoms with van der Waals surface area (Å²) < 4.78 is 6.08. The molecule has 4 aliphatic carbocycles. The minimum absolute atomic E-state index is 0.00789. The van der Waals surface area contributed by atoms with Gasteiger partial charge >= 0.3 is 5.97 Å². The summed E-state index contributed by atoms with van der Waals surface area (Å²) in [6.07, 6.45) is 9.27. The molecule has 3 fully saturated rings. The highest BCUT2D eigenvalue weighted by Gasteiger charge is 2.61. The summed E-state index contributed by atoms with van der Waals surface area (Å²) in [6, 6.07) is 9.29. The Labute approximate surface area is 178 Å². The minimum Gasteiger partial charge on any atom is -0.458 e. The number of benzene rings is 1. The van der Waals surface area contributed by atoms with Gasteiger partial charge in [-0.1, -0.05) is 30.7 Å². The molecular formula is C26H32O4. The lowest BCUT2D eigenvalue weighted by atomic mass is 9.47. The number of carbonyl (C=O) groups excluding carboxylic acids is 2. The summed E-state index contributed by atoms with van der Waals surface area (Å²) in [5, 5.41) is 10.5. The van der Waals surface area contributed by atoms with Gasteiger partial charge in [0, 0.05) is 17.3 Å². The van der Waals surface area contributed by atoms with Crippen LogP contribution in [0.3, 0.4) is 0 Å². The smallest absolute Gasteiger partial charge is 0.338 e. The van der Waals surface area contributed by atoms with E-state index in [2.05, 4.69) is 6.92 Å². The highest BCUT2D eigenvalue weighted by atomic mass is 16.5. The number of ether oxygens (including phenoxy) is 1. The molecule has 0 heterocycles. The van der Waals surface area contributed by atoms with Gasteiger partial charge < -0.3 is 9.84 Å². The van der Waals surface area contributed by atoms with Crippen molar-refractivity contribution in [2.75, 3.05) is 6.61 Å². The lowest BCUT2D eigenvalue weighted by molar-refractivity contribution is -0.120. The summed E-state index contributed by atoms with van der Waals surface area (Å²) >= 11 is 0. The Morgan fingerprint density at radius 3 is 2.63 bits per heavy atom. The van der Waals surface area contributed by atoms with Crippen LogP contribution in [-0.2, 0) is 9.53 Å². The number of aliphatic hydroxyl groups is 1. The number of rotatable bonds is 3. The highest BCUT2D eigenvalue weighted by molar-refractivity contribution is 5.91. The predicted octanol–water partition coefficient (Wildman–Crippen LogP) is 4.72. The number of ketones is 1. The van der Waals surface area contributed by atoms with Crippen molar-refractivity contribution in [1.82, 2.24) is 0 Å². The lowest BCUT2D eigenvalue weighted by Gasteiger charge is -2.58. The number of esters is 1. The first-order valence-electron chi connectivity index (χ1n) is 11.6. The molecule has 0 saturated heterocycles. The number of hydrogen-bond acceptors (Lipinski definition) is 4. The maximum absolute atomic E-state index is 12.7. The maximum Gasteiger partial charge on any atom is 0.338 e. The van der Waals surface area contributed by atoms with Crippen LogP contribution >= 0.6 is 0 Å². The largest absolute Gasteiger partial charge is 0.458 e. The molecule has 5 rings (SSSR count). The van der Waals surface area contributed by atoms with E-state index in [0.29, 0.717) is 29.7 Å². The van der Waals surface area contributed by atoms with Gasteiger partial charge in [-0.15, -0.1) is 0 Å². The van der Waals surface area contributed by atoms with Crippen LogP contribution in [-0.4, -0.2) is 29.6 Å². The van der Waals surface area contributed by atoms with E-state index in [4.69, 9.17) is 4.74 Å². The Morgan fingerprint density at radius 2 is 1.87 bits per heavy atom. The summed E-state index contributed by atoms with van der Waals surface area (Å²) in [4.78, 5) is 24.7. The van der Waals surface area contributed by atoms with Crippen molar-refractivity contribution in [3.05, 3.63) is 47.5 Å². The Morgan fingerprint density at radius 1 is 1.07 bits per heavy atom. The van der Waals surface area contributed by atoms with Crippen LogP contribution in [0.1, 0.15) is 68.6 Å². The Balaban J connectivity index is 1.38. The van der Waals surface area contributed by atoms with E-state index in [1.54, 1.807) is 0 Å². The second-order valence-corrected chi connectivity index (χ2v) is 10.2.